The third kappa shape index (κ3) is 11.3. The number of phenols is 1. The van der Waals surface area contributed by atoms with Crippen molar-refractivity contribution in [1.29, 1.82) is 0 Å². The van der Waals surface area contributed by atoms with E-state index in [0.717, 1.165) is 27.8 Å². The third-order valence-electron chi connectivity index (χ3n) is 10.3. The Morgan fingerprint density at radius 2 is 0.887 bits per heavy atom. The molecule has 316 valence electrons. The molecule has 8 rings (SSSR count). The number of hydrogen-bond acceptors (Lipinski definition) is 9. The minimum atomic E-state index is -0.976. The van der Waals surface area contributed by atoms with Crippen LogP contribution < -0.4 is 23.7 Å². The van der Waals surface area contributed by atoms with Crippen molar-refractivity contribution in [3.05, 3.63) is 215 Å². The van der Waals surface area contributed by atoms with E-state index in [1.54, 1.807) is 6.07 Å². The van der Waals surface area contributed by atoms with Gasteiger partial charge in [0, 0.05) is 30.7 Å². The molecular weight excluding hydrogens is 781 g/mol. The van der Waals surface area contributed by atoms with Gasteiger partial charge in [-0.15, -0.1) is 0 Å². The van der Waals surface area contributed by atoms with Crippen LogP contribution in [0.2, 0.25) is 0 Å². The van der Waals surface area contributed by atoms with Gasteiger partial charge in [0.15, 0.2) is 11.5 Å². The summed E-state index contributed by atoms with van der Waals surface area (Å²) in [6.07, 6.45) is -1.13. The molecule has 1 fully saturated rings. The Hall–Kier alpha value is -6.78. The fraction of sp³-hybridized carbons (Fsp3) is 0.208. The van der Waals surface area contributed by atoms with Gasteiger partial charge in [-0.3, -0.25) is 0 Å². The molecule has 0 amide bonds. The van der Waals surface area contributed by atoms with Crippen LogP contribution in [0, 0.1) is 0 Å². The molecule has 7 aromatic rings. The van der Waals surface area contributed by atoms with Gasteiger partial charge in [0.1, 0.15) is 56.4 Å². The van der Waals surface area contributed by atoms with Gasteiger partial charge in [-0.05, 0) is 52.4 Å². The maximum atomic E-state index is 11.7. The van der Waals surface area contributed by atoms with E-state index in [-0.39, 0.29) is 38.6 Å². The summed E-state index contributed by atoms with van der Waals surface area (Å²) in [6.45, 7) is 2.72. The predicted molar refractivity (Wildman–Crippen MR) is 236 cm³/mol. The topological polar surface area (TPSA) is 94.1 Å². The van der Waals surface area contributed by atoms with Crippen molar-refractivity contribution in [2.75, 3.05) is 6.61 Å². The van der Waals surface area contributed by atoms with Crippen LogP contribution in [0.15, 0.2) is 176 Å². The molecule has 1 unspecified atom stereocenters. The van der Waals surface area contributed by atoms with E-state index in [1.165, 1.54) is 0 Å². The van der Waals surface area contributed by atoms with Gasteiger partial charge in [0.2, 0.25) is 5.75 Å². The van der Waals surface area contributed by atoms with E-state index in [9.17, 15) is 5.11 Å². The highest BCUT2D eigenvalue weighted by Crippen LogP contribution is 2.46. The molecule has 1 N–H and O–H groups in total. The molecule has 1 aliphatic heterocycles. The van der Waals surface area contributed by atoms with Gasteiger partial charge in [-0.1, -0.05) is 152 Å². The third-order valence-corrected chi connectivity index (χ3v) is 10.3. The lowest BCUT2D eigenvalue weighted by Gasteiger charge is -2.23. The first-order valence-corrected chi connectivity index (χ1v) is 20.9. The Labute approximate surface area is 362 Å². The summed E-state index contributed by atoms with van der Waals surface area (Å²) >= 11 is 0. The fourth-order valence-corrected chi connectivity index (χ4v) is 7.14. The summed E-state index contributed by atoms with van der Waals surface area (Å²) in [4.78, 5) is 0. The van der Waals surface area contributed by atoms with Crippen LogP contribution in [0.3, 0.4) is 0 Å². The van der Waals surface area contributed by atoms with Gasteiger partial charge in [-0.25, -0.2) is 0 Å². The van der Waals surface area contributed by atoms with Crippen LogP contribution in [-0.2, 0) is 53.7 Å². The number of hydrogen-bond donors (Lipinski definition) is 1. The molecule has 0 aliphatic carbocycles. The number of benzene rings is 7. The summed E-state index contributed by atoms with van der Waals surface area (Å²) in [5.74, 6) is 2.34. The standard InChI is InChI=1S/C53H50O9/c1-2-55-53-61-50(32-45-46(54)30-44(56-33-38-18-8-3-9-19-38)31-47(45)57-34-39-20-10-4-11-21-39)51(62-53)43-28-48(58-35-40-22-12-5-13-23-40)52(60-37-42-26-16-7-17-27-42)49(29-43)59-36-41-24-14-6-15-25-41/h3-31,50-51,53-54H,2,32-37H2,1H3/t50-,51+,53?/m0/s1. The van der Waals surface area contributed by atoms with Crippen molar-refractivity contribution in [3.63, 3.8) is 0 Å². The monoisotopic (exact) mass is 830 g/mol. The van der Waals surface area contributed by atoms with Crippen LogP contribution in [0.4, 0.5) is 0 Å². The smallest absolute Gasteiger partial charge is 0.272 e. The van der Waals surface area contributed by atoms with E-state index in [4.69, 9.17) is 37.9 Å². The summed E-state index contributed by atoms with van der Waals surface area (Å²) < 4.78 is 51.4. The maximum absolute atomic E-state index is 11.7. The minimum absolute atomic E-state index is 0.00394. The number of aromatic hydroxyl groups is 1. The fourth-order valence-electron chi connectivity index (χ4n) is 7.14. The number of rotatable bonds is 20. The highest BCUT2D eigenvalue weighted by molar-refractivity contribution is 5.55. The van der Waals surface area contributed by atoms with Crippen LogP contribution in [0.25, 0.3) is 0 Å². The minimum Gasteiger partial charge on any atom is -0.507 e. The lowest BCUT2D eigenvalue weighted by molar-refractivity contribution is -0.240. The molecule has 62 heavy (non-hydrogen) atoms. The largest absolute Gasteiger partial charge is 0.507 e. The molecule has 0 saturated carbocycles. The first kappa shape index (κ1) is 41.9. The van der Waals surface area contributed by atoms with Crippen LogP contribution in [-0.4, -0.2) is 24.3 Å². The zero-order valence-electron chi connectivity index (χ0n) is 34.6. The Kier molecular flexibility index (Phi) is 14.3. The molecule has 7 aromatic carbocycles. The van der Waals surface area contributed by atoms with Crippen molar-refractivity contribution in [2.24, 2.45) is 0 Å². The summed E-state index contributed by atoms with van der Waals surface area (Å²) in [7, 11) is 0. The highest BCUT2D eigenvalue weighted by atomic mass is 16.9. The van der Waals surface area contributed by atoms with E-state index in [2.05, 4.69) is 0 Å². The Balaban J connectivity index is 1.15. The molecule has 0 spiro atoms. The van der Waals surface area contributed by atoms with Crippen molar-refractivity contribution in [2.45, 2.75) is 65.1 Å². The second kappa shape index (κ2) is 21.1. The molecule has 9 heteroatoms. The van der Waals surface area contributed by atoms with Gasteiger partial charge in [0.25, 0.3) is 6.48 Å². The van der Waals surface area contributed by atoms with Crippen molar-refractivity contribution >= 4 is 0 Å². The molecule has 0 aromatic heterocycles. The van der Waals surface area contributed by atoms with Gasteiger partial charge >= 0.3 is 0 Å². The Morgan fingerprint density at radius 1 is 0.468 bits per heavy atom. The maximum Gasteiger partial charge on any atom is 0.272 e. The predicted octanol–water partition coefficient (Wildman–Crippen LogP) is 11.3. The lowest BCUT2D eigenvalue weighted by Crippen LogP contribution is -2.20. The lowest BCUT2D eigenvalue weighted by atomic mass is 9.96. The van der Waals surface area contributed by atoms with E-state index in [0.29, 0.717) is 53.1 Å². The summed E-state index contributed by atoms with van der Waals surface area (Å²) in [5.41, 5.74) is 6.19. The van der Waals surface area contributed by atoms with Gasteiger partial charge < -0.3 is 43.0 Å². The molecule has 3 atom stereocenters. The highest BCUT2D eigenvalue weighted by Gasteiger charge is 2.40. The van der Waals surface area contributed by atoms with Crippen molar-refractivity contribution in [1.82, 2.24) is 0 Å². The molecule has 1 aliphatic rings. The second-order valence-corrected chi connectivity index (χ2v) is 14.8. The van der Waals surface area contributed by atoms with Gasteiger partial charge in [-0.2, -0.15) is 0 Å². The van der Waals surface area contributed by atoms with E-state index in [1.807, 2.05) is 177 Å². The van der Waals surface area contributed by atoms with Crippen LogP contribution in [0.5, 0.6) is 34.5 Å². The Morgan fingerprint density at radius 3 is 1.34 bits per heavy atom. The molecule has 0 bridgehead atoms. The Bertz CT molecular complexity index is 2370. The molecular formula is C53H50O9. The van der Waals surface area contributed by atoms with Crippen LogP contribution in [0.1, 0.15) is 52.0 Å². The first-order chi connectivity index (χ1) is 30.6. The first-order valence-electron chi connectivity index (χ1n) is 20.9. The van der Waals surface area contributed by atoms with Gasteiger partial charge in [0.05, 0.1) is 6.10 Å². The molecule has 1 saturated heterocycles. The molecule has 0 radical (unpaired) electrons. The zero-order valence-corrected chi connectivity index (χ0v) is 34.6. The van der Waals surface area contributed by atoms with Crippen molar-refractivity contribution < 1.29 is 43.0 Å². The normalized spacial score (nSPS) is 15.8. The summed E-state index contributed by atoms with van der Waals surface area (Å²) in [5, 5.41) is 11.7. The summed E-state index contributed by atoms with van der Waals surface area (Å²) in [6, 6.07) is 56.9. The molecule has 9 nitrogen and oxygen atoms in total. The second-order valence-electron chi connectivity index (χ2n) is 14.8. The number of ether oxygens (including phenoxy) is 8. The van der Waals surface area contributed by atoms with E-state index < -0.39 is 18.7 Å². The average molecular weight is 831 g/mol. The zero-order chi connectivity index (χ0) is 42.4. The van der Waals surface area contributed by atoms with Crippen molar-refractivity contribution in [3.8, 4) is 34.5 Å². The SMILES string of the molecule is CCOC1O[C@@H](Cc2c(O)cc(OCc3ccccc3)cc2OCc2ccccc2)[C@@H](c2cc(OCc3ccccc3)c(OCc3ccccc3)c(OCc3ccccc3)c2)O1. The molecule has 1 heterocycles. The van der Waals surface area contributed by atoms with E-state index >= 15 is 0 Å². The van der Waals surface area contributed by atoms with Crippen LogP contribution >= 0.6 is 0 Å². The quantitative estimate of drug-likeness (QED) is 0.0806. The number of phenolic OH excluding ortho intramolecular Hbond substituents is 1. The average Bonchev–Trinajstić information content (AvgIpc) is 3.72.